The fourth-order valence-electron chi connectivity index (χ4n) is 3.18. The number of hydrogen-bond acceptors (Lipinski definition) is 4. The van der Waals surface area contributed by atoms with Crippen LogP contribution in [0.2, 0.25) is 0 Å². The van der Waals surface area contributed by atoms with Gasteiger partial charge in [-0.1, -0.05) is 0 Å². The summed E-state index contributed by atoms with van der Waals surface area (Å²) in [6, 6.07) is 1.33. The van der Waals surface area contributed by atoms with Crippen LogP contribution >= 0.6 is 0 Å². The summed E-state index contributed by atoms with van der Waals surface area (Å²) >= 11 is 0. The number of carbonyl (C=O) groups excluding carboxylic acids is 1. The number of likely N-dealkylation sites (tertiary alicyclic amines) is 1. The zero-order chi connectivity index (χ0) is 17.4. The maximum absolute atomic E-state index is 13.5. The smallest absolute Gasteiger partial charge is 0.257 e. The van der Waals surface area contributed by atoms with Crippen molar-refractivity contribution >= 4 is 5.91 Å². The highest BCUT2D eigenvalue weighted by molar-refractivity contribution is 5.97. The molecule has 1 aliphatic heterocycles. The normalized spacial score (nSPS) is 20.6. The van der Waals surface area contributed by atoms with Gasteiger partial charge in [-0.05, 0) is 6.07 Å². The number of nitrogens with zero attached hydrogens (tertiary/aromatic N) is 3. The van der Waals surface area contributed by atoms with E-state index in [1.807, 2.05) is 7.05 Å². The lowest BCUT2D eigenvalue weighted by atomic mass is 9.94. The van der Waals surface area contributed by atoms with Crippen molar-refractivity contribution < 1.29 is 23.8 Å². The van der Waals surface area contributed by atoms with Gasteiger partial charge < -0.3 is 19.7 Å². The first-order valence-electron chi connectivity index (χ1n) is 7.46. The molecule has 0 aliphatic carbocycles. The van der Waals surface area contributed by atoms with Crippen LogP contribution in [0.5, 0.6) is 5.75 Å². The first-order chi connectivity index (χ1) is 11.4. The summed E-state index contributed by atoms with van der Waals surface area (Å²) in [6.45, 7) is 0.354. The molecule has 1 fully saturated rings. The van der Waals surface area contributed by atoms with E-state index in [0.717, 1.165) is 11.8 Å². The van der Waals surface area contributed by atoms with E-state index in [2.05, 4.69) is 4.98 Å². The number of aliphatic hydroxyl groups excluding tert-OH is 1. The highest BCUT2D eigenvalue weighted by atomic mass is 19.1. The largest absolute Gasteiger partial charge is 0.504 e. The minimum Gasteiger partial charge on any atom is -0.504 e. The molecule has 0 spiro atoms. The third-order valence-corrected chi connectivity index (χ3v) is 4.46. The lowest BCUT2D eigenvalue weighted by Crippen LogP contribution is -2.29. The van der Waals surface area contributed by atoms with Gasteiger partial charge >= 0.3 is 0 Å². The van der Waals surface area contributed by atoms with Crippen LogP contribution in [0.1, 0.15) is 22.0 Å². The first kappa shape index (κ1) is 16.4. The molecule has 0 radical (unpaired) electrons. The van der Waals surface area contributed by atoms with Gasteiger partial charge in [0.05, 0.1) is 11.9 Å². The molecule has 0 bridgehead atoms. The van der Waals surface area contributed by atoms with Crippen LogP contribution in [-0.2, 0) is 7.05 Å². The summed E-state index contributed by atoms with van der Waals surface area (Å²) in [6.07, 6.45) is 3.29. The number of halogens is 2. The average molecular weight is 337 g/mol. The number of imidazole rings is 1. The summed E-state index contributed by atoms with van der Waals surface area (Å²) in [7, 11) is 1.81. The minimum atomic E-state index is -1.18. The van der Waals surface area contributed by atoms with Crippen LogP contribution in [0, 0.1) is 17.6 Å². The van der Waals surface area contributed by atoms with Gasteiger partial charge in [-0.25, -0.2) is 13.8 Å². The number of phenols is 1. The molecule has 1 aromatic carbocycles. The van der Waals surface area contributed by atoms with Gasteiger partial charge in [-0.15, -0.1) is 0 Å². The van der Waals surface area contributed by atoms with Crippen molar-refractivity contribution in [1.82, 2.24) is 14.5 Å². The van der Waals surface area contributed by atoms with Gasteiger partial charge in [0.15, 0.2) is 11.6 Å². The molecule has 1 amide bonds. The Morgan fingerprint density at radius 2 is 2.12 bits per heavy atom. The van der Waals surface area contributed by atoms with Crippen molar-refractivity contribution in [2.24, 2.45) is 13.0 Å². The Bertz CT molecular complexity index is 778. The number of aryl methyl sites for hydroxylation is 1. The Kier molecular flexibility index (Phi) is 4.23. The Morgan fingerprint density at radius 3 is 2.75 bits per heavy atom. The fourth-order valence-corrected chi connectivity index (χ4v) is 3.18. The third kappa shape index (κ3) is 2.73. The zero-order valence-electron chi connectivity index (χ0n) is 13.0. The molecule has 0 unspecified atom stereocenters. The molecular formula is C16H17F2N3O3. The highest BCUT2D eigenvalue weighted by Gasteiger charge is 2.38. The van der Waals surface area contributed by atoms with Gasteiger partial charge in [-0.3, -0.25) is 4.79 Å². The van der Waals surface area contributed by atoms with E-state index in [1.54, 1.807) is 17.1 Å². The molecule has 128 valence electrons. The van der Waals surface area contributed by atoms with Crippen LogP contribution in [0.4, 0.5) is 8.78 Å². The highest BCUT2D eigenvalue weighted by Crippen LogP contribution is 2.34. The number of aliphatic hydroxyl groups is 1. The molecule has 0 saturated carbocycles. The van der Waals surface area contributed by atoms with Crippen molar-refractivity contribution in [3.63, 3.8) is 0 Å². The first-order valence-corrected chi connectivity index (χ1v) is 7.46. The number of hydrogen-bond donors (Lipinski definition) is 2. The third-order valence-electron chi connectivity index (χ3n) is 4.46. The van der Waals surface area contributed by atoms with Crippen LogP contribution in [0.25, 0.3) is 0 Å². The molecule has 1 aromatic heterocycles. The van der Waals surface area contributed by atoms with Crippen LogP contribution < -0.4 is 0 Å². The number of aromatic hydroxyl groups is 1. The second-order valence-electron chi connectivity index (χ2n) is 5.97. The van der Waals surface area contributed by atoms with Crippen LogP contribution in [-0.4, -0.2) is 50.3 Å². The summed E-state index contributed by atoms with van der Waals surface area (Å²) in [5.74, 6) is -4.02. The Morgan fingerprint density at radius 1 is 1.38 bits per heavy atom. The maximum Gasteiger partial charge on any atom is 0.257 e. The number of amides is 1. The Hall–Kier alpha value is -2.48. The van der Waals surface area contributed by atoms with Gasteiger partial charge in [0.25, 0.3) is 5.91 Å². The zero-order valence-corrected chi connectivity index (χ0v) is 13.0. The summed E-state index contributed by atoms with van der Waals surface area (Å²) in [5, 5.41) is 19.3. The summed E-state index contributed by atoms with van der Waals surface area (Å²) in [4.78, 5) is 18.0. The molecule has 2 N–H and O–H groups in total. The molecule has 8 heteroatoms. The van der Waals surface area contributed by atoms with E-state index in [9.17, 15) is 23.8 Å². The summed E-state index contributed by atoms with van der Waals surface area (Å²) < 4.78 is 28.7. The minimum absolute atomic E-state index is 0.136. The Balaban J connectivity index is 1.89. The van der Waals surface area contributed by atoms with Crippen LogP contribution in [0.3, 0.4) is 0 Å². The molecule has 2 atom stereocenters. The number of benzene rings is 1. The quantitative estimate of drug-likeness (QED) is 0.884. The van der Waals surface area contributed by atoms with Gasteiger partial charge in [-0.2, -0.15) is 0 Å². The number of phenolic OH excluding ortho intramolecular Hbond substituents is 1. The second-order valence-corrected chi connectivity index (χ2v) is 5.97. The topological polar surface area (TPSA) is 78.6 Å². The monoisotopic (exact) mass is 337 g/mol. The van der Waals surface area contributed by atoms with Crippen molar-refractivity contribution in [2.45, 2.75) is 5.92 Å². The predicted octanol–water partition coefficient (Wildman–Crippen LogP) is 1.25. The van der Waals surface area contributed by atoms with Crippen molar-refractivity contribution in [3.8, 4) is 5.75 Å². The molecule has 3 rings (SSSR count). The van der Waals surface area contributed by atoms with Crippen molar-refractivity contribution in [3.05, 3.63) is 47.5 Å². The second kappa shape index (κ2) is 6.20. The van der Waals surface area contributed by atoms with Crippen LogP contribution in [0.15, 0.2) is 24.7 Å². The molecule has 1 saturated heterocycles. The van der Waals surface area contributed by atoms with Crippen molar-refractivity contribution in [1.29, 1.82) is 0 Å². The van der Waals surface area contributed by atoms with Gasteiger partial charge in [0, 0.05) is 56.5 Å². The standard InChI is InChI=1S/C16H17F2N3O3/c1-20-8-19-4-14(20)12-6-21(5-9(12)7-22)16(24)11-2-10(17)3-13(18)15(11)23/h2-4,8-9,12,22-23H,5-7H2,1H3/t9-,12+/m0/s1. The lowest BCUT2D eigenvalue weighted by molar-refractivity contribution is 0.0776. The van der Waals surface area contributed by atoms with E-state index in [-0.39, 0.29) is 31.5 Å². The molecule has 6 nitrogen and oxygen atoms in total. The number of aromatic nitrogens is 2. The molecule has 2 aromatic rings. The molecular weight excluding hydrogens is 320 g/mol. The van der Waals surface area contributed by atoms with E-state index >= 15 is 0 Å². The maximum atomic E-state index is 13.5. The van der Waals surface area contributed by atoms with E-state index in [1.165, 1.54) is 4.90 Å². The predicted molar refractivity (Wildman–Crippen MR) is 80.5 cm³/mol. The lowest BCUT2D eigenvalue weighted by Gasteiger charge is -2.17. The van der Waals surface area contributed by atoms with E-state index in [4.69, 9.17) is 0 Å². The summed E-state index contributed by atoms with van der Waals surface area (Å²) in [5.41, 5.74) is 0.439. The SMILES string of the molecule is Cn1cncc1[C@@H]1CN(C(=O)c2cc(F)cc(F)c2O)C[C@H]1CO. The van der Waals surface area contributed by atoms with E-state index < -0.39 is 28.9 Å². The van der Waals surface area contributed by atoms with Crippen molar-refractivity contribution in [2.75, 3.05) is 19.7 Å². The fraction of sp³-hybridized carbons (Fsp3) is 0.375. The average Bonchev–Trinajstić information content (AvgIpc) is 3.15. The Labute approximate surface area is 137 Å². The number of rotatable bonds is 3. The molecule has 2 heterocycles. The van der Waals surface area contributed by atoms with Gasteiger partial charge in [0.2, 0.25) is 0 Å². The molecule has 24 heavy (non-hydrogen) atoms. The molecule has 1 aliphatic rings. The number of carbonyl (C=O) groups is 1. The van der Waals surface area contributed by atoms with Gasteiger partial charge in [0.1, 0.15) is 5.82 Å². The van der Waals surface area contributed by atoms with E-state index in [0.29, 0.717) is 6.07 Å².